The first-order valence-electron chi connectivity index (χ1n) is 10.8. The van der Waals surface area contributed by atoms with Crippen LogP contribution in [0.2, 0.25) is 5.02 Å². The van der Waals surface area contributed by atoms with Crippen molar-refractivity contribution >= 4 is 35.2 Å². The van der Waals surface area contributed by atoms with E-state index in [1.807, 2.05) is 0 Å². The molecule has 4 aliphatic rings. The number of hydrogen-bond donors (Lipinski definition) is 2. The van der Waals surface area contributed by atoms with E-state index in [9.17, 15) is 19.2 Å². The Morgan fingerprint density at radius 2 is 1.58 bits per heavy atom. The van der Waals surface area contributed by atoms with E-state index in [1.165, 1.54) is 31.4 Å². The first-order valence-corrected chi connectivity index (χ1v) is 11.2. The lowest BCUT2D eigenvalue weighted by molar-refractivity contribution is -0.159. The van der Waals surface area contributed by atoms with Gasteiger partial charge in [0.05, 0.1) is 6.42 Å². The molecule has 4 aliphatic carbocycles. The Morgan fingerprint density at radius 1 is 1.03 bits per heavy atom. The van der Waals surface area contributed by atoms with Gasteiger partial charge in [-0.15, -0.1) is 0 Å². The fourth-order valence-electron chi connectivity index (χ4n) is 6.08. The van der Waals surface area contributed by atoms with Crippen molar-refractivity contribution in [2.75, 3.05) is 6.61 Å². The maximum absolute atomic E-state index is 13.1. The molecule has 0 spiro atoms. The summed E-state index contributed by atoms with van der Waals surface area (Å²) in [7, 11) is 0. The molecule has 1 aromatic carbocycles. The van der Waals surface area contributed by atoms with Crippen molar-refractivity contribution in [2.45, 2.75) is 51.0 Å². The normalized spacial score (nSPS) is 29.3. The van der Waals surface area contributed by atoms with Crippen LogP contribution in [-0.4, -0.2) is 36.2 Å². The minimum Gasteiger partial charge on any atom is -0.456 e. The maximum Gasteiger partial charge on any atom is 0.329 e. The van der Waals surface area contributed by atoms with E-state index in [4.69, 9.17) is 22.1 Å². The van der Waals surface area contributed by atoms with Gasteiger partial charge in [-0.05, 0) is 80.5 Å². The molecule has 8 heteroatoms. The van der Waals surface area contributed by atoms with Gasteiger partial charge < -0.3 is 15.8 Å². The topological polar surface area (TPSA) is 116 Å². The molecule has 5 rings (SSSR count). The average molecular weight is 447 g/mol. The Kier molecular flexibility index (Phi) is 6.06. The van der Waals surface area contributed by atoms with Gasteiger partial charge in [-0.25, -0.2) is 4.79 Å². The number of hydrogen-bond acceptors (Lipinski definition) is 5. The van der Waals surface area contributed by atoms with Crippen LogP contribution in [0.25, 0.3) is 0 Å². The Bertz CT molecular complexity index is 862. The zero-order chi connectivity index (χ0) is 22.2. The Hall–Kier alpha value is -2.41. The molecule has 0 heterocycles. The van der Waals surface area contributed by atoms with Crippen molar-refractivity contribution in [2.24, 2.45) is 28.9 Å². The molecule has 4 fully saturated rings. The van der Waals surface area contributed by atoms with Crippen LogP contribution in [0.3, 0.4) is 0 Å². The molecular weight excluding hydrogens is 420 g/mol. The number of ether oxygens (including phenoxy) is 1. The summed E-state index contributed by atoms with van der Waals surface area (Å²) >= 11 is 5.83. The highest BCUT2D eigenvalue weighted by molar-refractivity contribution is 6.30. The van der Waals surface area contributed by atoms with Crippen molar-refractivity contribution in [3.8, 4) is 0 Å². The maximum atomic E-state index is 13.1. The lowest BCUT2D eigenvalue weighted by Crippen LogP contribution is -2.51. The van der Waals surface area contributed by atoms with E-state index < -0.39 is 30.2 Å². The summed E-state index contributed by atoms with van der Waals surface area (Å²) in [4.78, 5) is 49.5. The molecule has 0 saturated heterocycles. The van der Waals surface area contributed by atoms with E-state index >= 15 is 0 Å². The molecule has 4 bridgehead atoms. The van der Waals surface area contributed by atoms with E-state index in [0.29, 0.717) is 22.8 Å². The SMILES string of the molecule is NC(=O)C[C@H](NC(=O)c1ccc(Cl)cc1)C(=O)OCC(=O)C12CC3CC(CC(C3)C1)C2. The largest absolute Gasteiger partial charge is 0.456 e. The third-order valence-corrected chi connectivity index (χ3v) is 7.33. The Labute approximate surface area is 186 Å². The summed E-state index contributed by atoms with van der Waals surface area (Å²) in [6.07, 6.45) is 5.87. The van der Waals surface area contributed by atoms with Crippen LogP contribution in [0.1, 0.15) is 55.3 Å². The number of carbonyl (C=O) groups is 4. The molecule has 0 aliphatic heterocycles. The number of benzene rings is 1. The van der Waals surface area contributed by atoms with E-state index in [0.717, 1.165) is 19.3 Å². The first-order chi connectivity index (χ1) is 14.7. The van der Waals surface area contributed by atoms with Crippen molar-refractivity contribution in [3.05, 3.63) is 34.9 Å². The summed E-state index contributed by atoms with van der Waals surface area (Å²) in [5, 5.41) is 2.94. The number of ketones is 1. The first kappa shape index (κ1) is 21.8. The van der Waals surface area contributed by atoms with Crippen LogP contribution in [-0.2, 0) is 19.1 Å². The fraction of sp³-hybridized carbons (Fsp3) is 0.565. The number of esters is 1. The van der Waals surface area contributed by atoms with Gasteiger partial charge in [0.15, 0.2) is 12.4 Å². The third-order valence-electron chi connectivity index (χ3n) is 7.08. The summed E-state index contributed by atoms with van der Waals surface area (Å²) < 4.78 is 5.28. The highest BCUT2D eigenvalue weighted by atomic mass is 35.5. The number of nitrogens with one attached hydrogen (secondary N) is 1. The number of nitrogens with two attached hydrogens (primary N) is 1. The van der Waals surface area contributed by atoms with E-state index in [2.05, 4.69) is 5.32 Å². The van der Waals surface area contributed by atoms with Gasteiger partial charge >= 0.3 is 5.97 Å². The summed E-state index contributed by atoms with van der Waals surface area (Å²) in [6, 6.07) is 4.83. The zero-order valence-electron chi connectivity index (χ0n) is 17.3. The highest BCUT2D eigenvalue weighted by Gasteiger charge is 2.54. The Morgan fingerprint density at radius 3 is 2.10 bits per heavy atom. The van der Waals surface area contributed by atoms with E-state index in [-0.39, 0.29) is 23.4 Å². The lowest BCUT2D eigenvalue weighted by atomic mass is 9.48. The minimum atomic E-state index is -1.26. The minimum absolute atomic E-state index is 0.0400. The second-order valence-electron chi connectivity index (χ2n) is 9.43. The quantitative estimate of drug-likeness (QED) is 0.595. The number of primary amides is 1. The summed E-state index contributed by atoms with van der Waals surface area (Å²) in [5.74, 6) is -0.384. The number of amides is 2. The second-order valence-corrected chi connectivity index (χ2v) is 9.87. The lowest BCUT2D eigenvalue weighted by Gasteiger charge is -2.55. The molecule has 4 saturated carbocycles. The monoisotopic (exact) mass is 446 g/mol. The molecule has 2 amide bonds. The Balaban J connectivity index is 1.37. The van der Waals surface area contributed by atoms with Crippen LogP contribution in [0.4, 0.5) is 0 Å². The van der Waals surface area contributed by atoms with Crippen LogP contribution in [0.5, 0.6) is 0 Å². The highest BCUT2D eigenvalue weighted by Crippen LogP contribution is 2.60. The van der Waals surface area contributed by atoms with Crippen LogP contribution < -0.4 is 11.1 Å². The molecule has 166 valence electrons. The molecule has 3 N–H and O–H groups in total. The number of Topliss-reactive ketones (excluding diaryl/α,β-unsaturated/α-hetero) is 1. The molecule has 1 atom stereocenters. The van der Waals surface area contributed by atoms with Crippen LogP contribution >= 0.6 is 11.6 Å². The predicted octanol–water partition coefficient (Wildman–Crippen LogP) is 2.64. The van der Waals surface area contributed by atoms with Crippen molar-refractivity contribution in [1.82, 2.24) is 5.32 Å². The molecule has 31 heavy (non-hydrogen) atoms. The third kappa shape index (κ3) is 4.76. The number of rotatable bonds is 8. The number of halogens is 1. The fourth-order valence-corrected chi connectivity index (χ4v) is 6.21. The van der Waals surface area contributed by atoms with E-state index in [1.54, 1.807) is 12.1 Å². The molecule has 0 unspecified atom stereocenters. The molecule has 0 aromatic heterocycles. The van der Waals surface area contributed by atoms with Gasteiger partial charge in [0.1, 0.15) is 6.04 Å². The van der Waals surface area contributed by atoms with Gasteiger partial charge in [0, 0.05) is 16.0 Å². The molecule has 1 aromatic rings. The molecular formula is C23H27ClN2O5. The second kappa shape index (κ2) is 8.61. The van der Waals surface area contributed by atoms with Gasteiger partial charge in [-0.2, -0.15) is 0 Å². The number of carbonyl (C=O) groups excluding carboxylic acids is 4. The molecule has 7 nitrogen and oxygen atoms in total. The van der Waals surface area contributed by atoms with Gasteiger partial charge in [0.25, 0.3) is 5.91 Å². The van der Waals surface area contributed by atoms with Crippen molar-refractivity contribution in [3.63, 3.8) is 0 Å². The summed E-state index contributed by atoms with van der Waals surface area (Å²) in [5.41, 5.74) is 5.14. The summed E-state index contributed by atoms with van der Waals surface area (Å²) in [6.45, 7) is -0.336. The molecule has 0 radical (unpaired) electrons. The van der Waals surface area contributed by atoms with Crippen LogP contribution in [0.15, 0.2) is 24.3 Å². The zero-order valence-corrected chi connectivity index (χ0v) is 18.0. The smallest absolute Gasteiger partial charge is 0.329 e. The van der Waals surface area contributed by atoms with Crippen molar-refractivity contribution in [1.29, 1.82) is 0 Å². The average Bonchev–Trinajstić information content (AvgIpc) is 2.70. The van der Waals surface area contributed by atoms with Crippen LogP contribution in [0, 0.1) is 23.2 Å². The standard InChI is InChI=1S/C23H27ClN2O5/c24-17-3-1-16(2-4-17)21(29)26-18(8-20(25)28)22(30)31-12-19(27)23-9-13-5-14(10-23)7-15(6-13)11-23/h1-4,13-15,18H,5-12H2,(H2,25,28)(H,26,29)/t13?,14?,15?,18-,23?/m0/s1. The van der Waals surface area contributed by atoms with Gasteiger partial charge in [-0.3, -0.25) is 14.4 Å². The van der Waals surface area contributed by atoms with Gasteiger partial charge in [-0.1, -0.05) is 11.6 Å². The predicted molar refractivity (Wildman–Crippen MR) is 113 cm³/mol. The van der Waals surface area contributed by atoms with Crippen molar-refractivity contribution < 1.29 is 23.9 Å². The van der Waals surface area contributed by atoms with Gasteiger partial charge in [0.2, 0.25) is 5.91 Å².